The summed E-state index contributed by atoms with van der Waals surface area (Å²) in [6.07, 6.45) is 6.50. The third kappa shape index (κ3) is 5.08. The summed E-state index contributed by atoms with van der Waals surface area (Å²) in [7, 11) is 1.95. The van der Waals surface area contributed by atoms with Crippen LogP contribution in [-0.2, 0) is 5.75 Å². The normalized spacial score (nSPS) is 15.3. The van der Waals surface area contributed by atoms with Gasteiger partial charge in [0.05, 0.1) is 16.3 Å². The van der Waals surface area contributed by atoms with Gasteiger partial charge in [0.2, 0.25) is 0 Å². The average Bonchev–Trinajstić information content (AvgIpc) is 3.06. The summed E-state index contributed by atoms with van der Waals surface area (Å²) in [6.45, 7) is 2.90. The van der Waals surface area contributed by atoms with E-state index in [9.17, 15) is 4.79 Å². The molecule has 0 spiro atoms. The molecule has 1 saturated carbocycles. The fraction of sp³-hybridized carbons (Fsp3) is 0.500. The first-order chi connectivity index (χ1) is 12.1. The number of hydrogen-bond acceptors (Lipinski definition) is 4. The lowest BCUT2D eigenvalue weighted by atomic mass is 9.89. The lowest BCUT2D eigenvalue weighted by Crippen LogP contribution is -2.32. The number of amides is 1. The highest BCUT2D eigenvalue weighted by molar-refractivity contribution is 7.98. The highest BCUT2D eigenvalue weighted by Crippen LogP contribution is 2.29. The largest absolute Gasteiger partial charge is 0.341 e. The maximum Gasteiger partial charge on any atom is 0.254 e. The number of benzene rings is 1. The topological polar surface area (TPSA) is 33.2 Å². The molecule has 1 aromatic carbocycles. The molecule has 0 aliphatic heterocycles. The van der Waals surface area contributed by atoms with Crippen LogP contribution in [0.15, 0.2) is 34.5 Å². The molecule has 1 aliphatic carbocycles. The maximum absolute atomic E-state index is 13.0. The van der Waals surface area contributed by atoms with Crippen molar-refractivity contribution >= 4 is 29.0 Å². The van der Waals surface area contributed by atoms with Crippen LogP contribution in [0.1, 0.15) is 53.2 Å². The number of carbonyl (C=O) groups excluding carboxylic acids is 1. The molecule has 25 heavy (non-hydrogen) atoms. The number of hydrogen-bond donors (Lipinski definition) is 0. The lowest BCUT2D eigenvalue weighted by molar-refractivity contribution is 0.0757. The van der Waals surface area contributed by atoms with Crippen molar-refractivity contribution in [2.75, 3.05) is 13.6 Å². The Morgan fingerprint density at radius 3 is 2.76 bits per heavy atom. The number of aryl methyl sites for hydroxylation is 1. The Balaban J connectivity index is 1.65. The van der Waals surface area contributed by atoms with Crippen molar-refractivity contribution in [2.24, 2.45) is 5.92 Å². The Hall–Kier alpha value is -1.33. The first-order valence-corrected chi connectivity index (χ1v) is 10.9. The monoisotopic (exact) mass is 374 g/mol. The standard InChI is InChI=1S/C20H26N2OS2/c1-15-21-17(13-24-15)14-25-19-11-7-6-10-18(19)20(23)22(2)12-16-8-4-3-5-9-16/h6-7,10-11,13,16H,3-5,8-9,12,14H2,1-2H3. The molecular formula is C20H26N2OS2. The van der Waals surface area contributed by atoms with E-state index in [0.29, 0.717) is 5.92 Å². The molecule has 0 saturated heterocycles. The van der Waals surface area contributed by atoms with Gasteiger partial charge >= 0.3 is 0 Å². The van der Waals surface area contributed by atoms with E-state index in [-0.39, 0.29) is 5.91 Å². The smallest absolute Gasteiger partial charge is 0.254 e. The molecule has 1 heterocycles. The molecule has 3 nitrogen and oxygen atoms in total. The van der Waals surface area contributed by atoms with Gasteiger partial charge < -0.3 is 4.90 Å². The summed E-state index contributed by atoms with van der Waals surface area (Å²) in [5.74, 6) is 1.62. The van der Waals surface area contributed by atoms with E-state index >= 15 is 0 Å². The number of thioether (sulfide) groups is 1. The zero-order valence-corrected chi connectivity index (χ0v) is 16.7. The van der Waals surface area contributed by atoms with Gasteiger partial charge in [-0.1, -0.05) is 31.4 Å². The molecule has 0 radical (unpaired) electrons. The van der Waals surface area contributed by atoms with Crippen LogP contribution >= 0.6 is 23.1 Å². The van der Waals surface area contributed by atoms with Gasteiger partial charge in [0.25, 0.3) is 5.91 Å². The van der Waals surface area contributed by atoms with Crippen molar-refractivity contribution in [3.63, 3.8) is 0 Å². The van der Waals surface area contributed by atoms with E-state index in [1.165, 1.54) is 32.1 Å². The van der Waals surface area contributed by atoms with Gasteiger partial charge in [-0.25, -0.2) is 4.98 Å². The van der Waals surface area contributed by atoms with E-state index < -0.39 is 0 Å². The summed E-state index contributed by atoms with van der Waals surface area (Å²) >= 11 is 3.38. The first-order valence-electron chi connectivity index (χ1n) is 9.02. The van der Waals surface area contributed by atoms with Crippen LogP contribution in [0.5, 0.6) is 0 Å². The molecule has 1 aliphatic rings. The predicted molar refractivity (Wildman–Crippen MR) is 106 cm³/mol. The molecule has 0 atom stereocenters. The second-order valence-corrected chi connectivity index (χ2v) is 8.91. The van der Waals surface area contributed by atoms with Crippen LogP contribution in [0.2, 0.25) is 0 Å². The molecule has 2 aromatic rings. The van der Waals surface area contributed by atoms with E-state index in [1.807, 2.05) is 43.1 Å². The SMILES string of the molecule is Cc1nc(CSc2ccccc2C(=O)N(C)CC2CCCCC2)cs1. The van der Waals surface area contributed by atoms with Gasteiger partial charge in [0, 0.05) is 29.6 Å². The third-order valence-electron chi connectivity index (χ3n) is 4.76. The van der Waals surface area contributed by atoms with Crippen molar-refractivity contribution < 1.29 is 4.79 Å². The number of carbonyl (C=O) groups is 1. The highest BCUT2D eigenvalue weighted by atomic mass is 32.2. The summed E-state index contributed by atoms with van der Waals surface area (Å²) in [4.78, 5) is 20.4. The second kappa shape index (κ2) is 8.86. The minimum atomic E-state index is 0.142. The minimum Gasteiger partial charge on any atom is -0.341 e. The molecule has 1 amide bonds. The molecule has 0 unspecified atom stereocenters. The number of rotatable bonds is 6. The van der Waals surface area contributed by atoms with Crippen LogP contribution < -0.4 is 0 Å². The van der Waals surface area contributed by atoms with E-state index in [0.717, 1.165) is 33.5 Å². The molecule has 3 rings (SSSR count). The lowest BCUT2D eigenvalue weighted by Gasteiger charge is -2.27. The van der Waals surface area contributed by atoms with Gasteiger partial charge in [-0.2, -0.15) is 0 Å². The summed E-state index contributed by atoms with van der Waals surface area (Å²) in [5, 5.41) is 3.19. The van der Waals surface area contributed by atoms with Crippen molar-refractivity contribution in [1.29, 1.82) is 0 Å². The van der Waals surface area contributed by atoms with Gasteiger partial charge in [-0.15, -0.1) is 23.1 Å². The minimum absolute atomic E-state index is 0.142. The Labute approximate surface area is 158 Å². The second-order valence-electron chi connectivity index (χ2n) is 6.83. The molecule has 1 aromatic heterocycles. The Morgan fingerprint density at radius 2 is 2.04 bits per heavy atom. The van der Waals surface area contributed by atoms with E-state index in [4.69, 9.17) is 0 Å². The number of nitrogens with zero attached hydrogens (tertiary/aromatic N) is 2. The molecule has 5 heteroatoms. The molecular weight excluding hydrogens is 348 g/mol. The van der Waals surface area contributed by atoms with Crippen LogP contribution in [0.25, 0.3) is 0 Å². The fourth-order valence-electron chi connectivity index (χ4n) is 3.44. The Kier molecular flexibility index (Phi) is 6.54. The Bertz CT molecular complexity index is 707. The molecule has 0 N–H and O–H groups in total. The first kappa shape index (κ1) is 18.5. The molecule has 0 bridgehead atoms. The van der Waals surface area contributed by atoms with E-state index in [2.05, 4.69) is 10.4 Å². The van der Waals surface area contributed by atoms with Crippen LogP contribution in [0, 0.1) is 12.8 Å². The van der Waals surface area contributed by atoms with Crippen molar-refractivity contribution in [3.05, 3.63) is 45.9 Å². The quantitative estimate of drug-likeness (QED) is 0.635. The van der Waals surface area contributed by atoms with Crippen molar-refractivity contribution in [3.8, 4) is 0 Å². The predicted octanol–water partition coefficient (Wildman–Crippen LogP) is 5.40. The Morgan fingerprint density at radius 1 is 1.28 bits per heavy atom. The van der Waals surface area contributed by atoms with Gasteiger partial charge in [-0.05, 0) is 37.8 Å². The molecule has 134 valence electrons. The van der Waals surface area contributed by atoms with Crippen molar-refractivity contribution in [1.82, 2.24) is 9.88 Å². The van der Waals surface area contributed by atoms with Gasteiger partial charge in [0.1, 0.15) is 0 Å². The number of thiazole rings is 1. The highest BCUT2D eigenvalue weighted by Gasteiger charge is 2.21. The van der Waals surface area contributed by atoms with Crippen LogP contribution in [0.4, 0.5) is 0 Å². The third-order valence-corrected chi connectivity index (χ3v) is 6.69. The summed E-state index contributed by atoms with van der Waals surface area (Å²) in [5.41, 5.74) is 1.91. The summed E-state index contributed by atoms with van der Waals surface area (Å²) < 4.78 is 0. The van der Waals surface area contributed by atoms with Crippen molar-refractivity contribution in [2.45, 2.75) is 49.7 Å². The van der Waals surface area contributed by atoms with Crippen LogP contribution in [0.3, 0.4) is 0 Å². The van der Waals surface area contributed by atoms with Gasteiger partial charge in [0.15, 0.2) is 0 Å². The van der Waals surface area contributed by atoms with Crippen LogP contribution in [-0.4, -0.2) is 29.4 Å². The zero-order chi connectivity index (χ0) is 17.6. The number of aromatic nitrogens is 1. The molecule has 1 fully saturated rings. The van der Waals surface area contributed by atoms with E-state index in [1.54, 1.807) is 23.1 Å². The zero-order valence-electron chi connectivity index (χ0n) is 15.0. The maximum atomic E-state index is 13.0. The van der Waals surface area contributed by atoms with Gasteiger partial charge in [-0.3, -0.25) is 4.79 Å². The summed E-state index contributed by atoms with van der Waals surface area (Å²) in [6, 6.07) is 7.96. The average molecular weight is 375 g/mol. The fourth-order valence-corrected chi connectivity index (χ4v) is 5.10.